The Balaban J connectivity index is 1.69. The Kier molecular flexibility index (Phi) is 5.06. The zero-order chi connectivity index (χ0) is 21.3. The highest BCUT2D eigenvalue weighted by atomic mass is 32.2. The largest absolute Gasteiger partial charge is 0.340 e. The molecule has 0 amide bonds. The average molecular weight is 423 g/mol. The Morgan fingerprint density at radius 2 is 1.80 bits per heavy atom. The van der Waals surface area contributed by atoms with Crippen molar-refractivity contribution < 1.29 is 12.8 Å². The summed E-state index contributed by atoms with van der Waals surface area (Å²) in [6.45, 7) is 1.88. The summed E-state index contributed by atoms with van der Waals surface area (Å²) in [4.78, 5) is 4.31. The number of sulfonamides is 1. The Morgan fingerprint density at radius 1 is 1.03 bits per heavy atom. The van der Waals surface area contributed by atoms with E-state index >= 15 is 0 Å². The number of hydrogen-bond acceptors (Lipinski definition) is 5. The van der Waals surface area contributed by atoms with E-state index in [1.807, 2.05) is 25.1 Å². The molecule has 0 aliphatic rings. The highest BCUT2D eigenvalue weighted by Crippen LogP contribution is 2.27. The first-order chi connectivity index (χ1) is 14.3. The van der Waals surface area contributed by atoms with Crippen molar-refractivity contribution in [3.05, 3.63) is 84.4 Å². The monoisotopic (exact) mass is 423 g/mol. The number of hydrogen-bond donors (Lipinski definition) is 2. The minimum absolute atomic E-state index is 0.00802. The first-order valence-electron chi connectivity index (χ1n) is 8.98. The fourth-order valence-corrected chi connectivity index (χ4v) is 3.60. The fourth-order valence-electron chi connectivity index (χ4n) is 3.04. The van der Waals surface area contributed by atoms with Crippen LogP contribution in [0, 0.1) is 12.7 Å². The highest BCUT2D eigenvalue weighted by Gasteiger charge is 2.12. The molecule has 152 valence electrons. The van der Waals surface area contributed by atoms with Crippen molar-refractivity contribution >= 4 is 21.5 Å². The smallest absolute Gasteiger partial charge is 0.238 e. The SMILES string of the molecule is Cc1cc(-c2ccnc(Nc3cccc(S(N)(=O)=O)c3)c2)n(-c2ccc(F)cc2)n1. The Labute approximate surface area is 173 Å². The molecular weight excluding hydrogens is 405 g/mol. The zero-order valence-electron chi connectivity index (χ0n) is 15.9. The van der Waals surface area contributed by atoms with Crippen molar-refractivity contribution in [2.24, 2.45) is 5.14 Å². The van der Waals surface area contributed by atoms with Crippen LogP contribution in [0.3, 0.4) is 0 Å². The van der Waals surface area contributed by atoms with Gasteiger partial charge in [0.05, 0.1) is 22.0 Å². The molecule has 0 aliphatic carbocycles. The summed E-state index contributed by atoms with van der Waals surface area (Å²) in [6, 6.07) is 17.8. The van der Waals surface area contributed by atoms with Gasteiger partial charge in [0.2, 0.25) is 10.0 Å². The van der Waals surface area contributed by atoms with Crippen LogP contribution < -0.4 is 10.5 Å². The quantitative estimate of drug-likeness (QED) is 0.509. The van der Waals surface area contributed by atoms with E-state index in [-0.39, 0.29) is 10.7 Å². The number of pyridine rings is 1. The number of primary sulfonamides is 1. The van der Waals surface area contributed by atoms with Gasteiger partial charge in [-0.1, -0.05) is 6.07 Å². The van der Waals surface area contributed by atoms with E-state index < -0.39 is 10.0 Å². The predicted octanol–water partition coefficient (Wildman–Crippen LogP) is 3.77. The molecule has 4 aromatic rings. The van der Waals surface area contributed by atoms with E-state index in [2.05, 4.69) is 15.4 Å². The third-order valence-corrected chi connectivity index (χ3v) is 5.30. The average Bonchev–Trinajstić information content (AvgIpc) is 3.10. The van der Waals surface area contributed by atoms with Crippen LogP contribution in [0.2, 0.25) is 0 Å². The second-order valence-corrected chi connectivity index (χ2v) is 8.25. The molecule has 2 aromatic carbocycles. The van der Waals surface area contributed by atoms with Gasteiger partial charge in [-0.15, -0.1) is 0 Å². The van der Waals surface area contributed by atoms with Gasteiger partial charge in [-0.05, 0) is 67.6 Å². The minimum atomic E-state index is -3.80. The second-order valence-electron chi connectivity index (χ2n) is 6.69. The molecule has 0 radical (unpaired) electrons. The summed E-state index contributed by atoms with van der Waals surface area (Å²) in [7, 11) is -3.80. The maximum Gasteiger partial charge on any atom is 0.238 e. The van der Waals surface area contributed by atoms with Crippen LogP contribution in [0.1, 0.15) is 5.69 Å². The van der Waals surface area contributed by atoms with E-state index in [1.54, 1.807) is 35.1 Å². The summed E-state index contributed by atoms with van der Waals surface area (Å²) in [5.41, 5.74) is 3.71. The van der Waals surface area contributed by atoms with Crippen molar-refractivity contribution in [3.63, 3.8) is 0 Å². The van der Waals surface area contributed by atoms with Gasteiger partial charge in [-0.25, -0.2) is 27.6 Å². The molecule has 0 unspecified atom stereocenters. The molecule has 0 spiro atoms. The Bertz CT molecular complexity index is 1320. The maximum absolute atomic E-state index is 13.3. The lowest BCUT2D eigenvalue weighted by Crippen LogP contribution is -2.12. The third kappa shape index (κ3) is 4.22. The summed E-state index contributed by atoms with van der Waals surface area (Å²) in [5.74, 6) is 0.199. The molecule has 0 bridgehead atoms. The summed E-state index contributed by atoms with van der Waals surface area (Å²) >= 11 is 0. The number of nitrogens with zero attached hydrogens (tertiary/aromatic N) is 3. The molecule has 3 N–H and O–H groups in total. The van der Waals surface area contributed by atoms with Crippen molar-refractivity contribution in [2.75, 3.05) is 5.32 Å². The van der Waals surface area contributed by atoms with Crippen LogP contribution in [0.25, 0.3) is 16.9 Å². The van der Waals surface area contributed by atoms with E-state index in [1.165, 1.54) is 24.3 Å². The van der Waals surface area contributed by atoms with Crippen LogP contribution in [0.15, 0.2) is 77.8 Å². The lowest BCUT2D eigenvalue weighted by molar-refractivity contribution is 0.598. The first kappa shape index (κ1) is 19.7. The van der Waals surface area contributed by atoms with Crippen LogP contribution in [-0.2, 0) is 10.0 Å². The lowest BCUT2D eigenvalue weighted by Gasteiger charge is -2.10. The van der Waals surface area contributed by atoms with Crippen molar-refractivity contribution in [1.82, 2.24) is 14.8 Å². The fraction of sp³-hybridized carbons (Fsp3) is 0.0476. The van der Waals surface area contributed by atoms with Gasteiger partial charge in [0, 0.05) is 17.4 Å². The molecule has 9 heteroatoms. The number of nitrogens with one attached hydrogen (secondary N) is 1. The zero-order valence-corrected chi connectivity index (χ0v) is 16.8. The van der Waals surface area contributed by atoms with Crippen LogP contribution in [0.5, 0.6) is 0 Å². The first-order valence-corrected chi connectivity index (χ1v) is 10.5. The van der Waals surface area contributed by atoms with Crippen LogP contribution in [-0.4, -0.2) is 23.2 Å². The normalized spacial score (nSPS) is 11.4. The van der Waals surface area contributed by atoms with Crippen molar-refractivity contribution in [2.45, 2.75) is 11.8 Å². The maximum atomic E-state index is 13.3. The van der Waals surface area contributed by atoms with E-state index in [4.69, 9.17) is 5.14 Å². The number of aromatic nitrogens is 3. The molecule has 7 nitrogen and oxygen atoms in total. The number of nitrogens with two attached hydrogens (primary N) is 1. The molecule has 0 fully saturated rings. The van der Waals surface area contributed by atoms with Crippen molar-refractivity contribution in [3.8, 4) is 16.9 Å². The summed E-state index contributed by atoms with van der Waals surface area (Å²) < 4.78 is 38.2. The molecule has 30 heavy (non-hydrogen) atoms. The van der Waals surface area contributed by atoms with Gasteiger partial charge in [-0.2, -0.15) is 5.10 Å². The van der Waals surface area contributed by atoms with E-state index in [9.17, 15) is 12.8 Å². The standard InChI is InChI=1S/C21H18FN5O2S/c1-14-11-20(27(26-14)18-7-5-16(22)6-8-18)15-9-10-24-21(12-15)25-17-3-2-4-19(13-17)30(23,28)29/h2-13H,1H3,(H,24,25)(H2,23,28,29). The van der Waals surface area contributed by atoms with Crippen LogP contribution in [0.4, 0.5) is 15.9 Å². The molecular formula is C21H18FN5O2S. The number of halogens is 1. The van der Waals surface area contributed by atoms with Gasteiger partial charge in [-0.3, -0.25) is 0 Å². The molecule has 0 saturated carbocycles. The van der Waals surface area contributed by atoms with Crippen molar-refractivity contribution in [1.29, 1.82) is 0 Å². The number of aryl methyl sites for hydroxylation is 1. The van der Waals surface area contributed by atoms with E-state index in [0.717, 1.165) is 22.6 Å². The number of anilines is 2. The molecule has 0 atom stereocenters. The van der Waals surface area contributed by atoms with Gasteiger partial charge in [0.1, 0.15) is 11.6 Å². The molecule has 0 aliphatic heterocycles. The number of benzene rings is 2. The predicted molar refractivity (Wildman–Crippen MR) is 113 cm³/mol. The Hall–Kier alpha value is -3.56. The topological polar surface area (TPSA) is 103 Å². The van der Waals surface area contributed by atoms with Gasteiger partial charge >= 0.3 is 0 Å². The second kappa shape index (κ2) is 7.69. The Morgan fingerprint density at radius 3 is 2.53 bits per heavy atom. The lowest BCUT2D eigenvalue weighted by atomic mass is 10.1. The minimum Gasteiger partial charge on any atom is -0.340 e. The molecule has 0 saturated heterocycles. The third-order valence-electron chi connectivity index (χ3n) is 4.39. The van der Waals surface area contributed by atoms with Gasteiger partial charge < -0.3 is 5.32 Å². The molecule has 2 heterocycles. The number of rotatable bonds is 5. The van der Waals surface area contributed by atoms with Gasteiger partial charge in [0.25, 0.3) is 0 Å². The van der Waals surface area contributed by atoms with E-state index in [0.29, 0.717) is 11.5 Å². The summed E-state index contributed by atoms with van der Waals surface area (Å²) in [5, 5.41) is 12.8. The molecule has 4 rings (SSSR count). The van der Waals surface area contributed by atoms with Crippen LogP contribution >= 0.6 is 0 Å². The highest BCUT2D eigenvalue weighted by molar-refractivity contribution is 7.89. The summed E-state index contributed by atoms with van der Waals surface area (Å²) in [6.07, 6.45) is 1.64. The molecule has 2 aromatic heterocycles. The van der Waals surface area contributed by atoms with Gasteiger partial charge in [0.15, 0.2) is 0 Å².